The molecule has 1 N–H and O–H groups in total. The molecule has 1 heterocycles. The molecule has 4 nitrogen and oxygen atoms in total. The highest BCUT2D eigenvalue weighted by Gasteiger charge is 2.34. The number of ketones is 1. The molecule has 0 saturated carbocycles. The molecule has 116 valence electrons. The van der Waals surface area contributed by atoms with Gasteiger partial charge in [-0.3, -0.25) is 9.69 Å². The first-order valence-corrected chi connectivity index (χ1v) is 8.06. The van der Waals surface area contributed by atoms with E-state index in [-0.39, 0.29) is 5.78 Å². The molecule has 0 bridgehead atoms. The van der Waals surface area contributed by atoms with Gasteiger partial charge >= 0.3 is 0 Å². The van der Waals surface area contributed by atoms with E-state index in [9.17, 15) is 4.79 Å². The molecule has 1 aliphatic heterocycles. The zero-order valence-corrected chi connectivity index (χ0v) is 14.5. The Bertz CT molecular complexity index is 511. The molecule has 1 saturated heterocycles. The number of nitrogens with zero attached hydrogens (tertiary/aromatic N) is 1. The van der Waals surface area contributed by atoms with Crippen molar-refractivity contribution in [3.8, 4) is 5.75 Å². The number of halogens is 1. The number of carbonyl (C=O) groups is 1. The molecule has 2 rings (SSSR count). The fraction of sp³-hybridized carbons (Fsp3) is 0.562. The third-order valence-electron chi connectivity index (χ3n) is 4.17. The lowest BCUT2D eigenvalue weighted by atomic mass is 9.91. The second-order valence-electron chi connectivity index (χ2n) is 5.86. The van der Waals surface area contributed by atoms with Crippen LogP contribution in [0.15, 0.2) is 22.7 Å². The van der Waals surface area contributed by atoms with Gasteiger partial charge in [0.25, 0.3) is 0 Å². The minimum atomic E-state index is -0.422. The lowest BCUT2D eigenvalue weighted by Crippen LogP contribution is -2.57. The summed E-state index contributed by atoms with van der Waals surface area (Å²) in [6, 6.07) is 5.81. The maximum absolute atomic E-state index is 12.7. The van der Waals surface area contributed by atoms with Crippen molar-refractivity contribution < 1.29 is 9.53 Å². The standard InChI is InChI=1S/C16H23BrN2O2/c1-16(2,19-8-6-18-7-9-19)15(20)11-12-4-5-14(21-3)13(17)10-12/h4-5,10,18H,6-9,11H2,1-3H3. The van der Waals surface area contributed by atoms with Crippen LogP contribution in [0.2, 0.25) is 0 Å². The number of benzene rings is 1. The fourth-order valence-electron chi connectivity index (χ4n) is 2.62. The maximum Gasteiger partial charge on any atom is 0.156 e. The van der Waals surface area contributed by atoms with Crippen molar-refractivity contribution in [2.45, 2.75) is 25.8 Å². The van der Waals surface area contributed by atoms with Crippen molar-refractivity contribution in [2.75, 3.05) is 33.3 Å². The highest BCUT2D eigenvalue weighted by atomic mass is 79.9. The number of methoxy groups -OCH3 is 1. The second kappa shape index (κ2) is 6.90. The average molecular weight is 355 g/mol. The van der Waals surface area contributed by atoms with Gasteiger partial charge in [0.2, 0.25) is 0 Å². The van der Waals surface area contributed by atoms with Gasteiger partial charge in [0.05, 0.1) is 17.1 Å². The zero-order valence-electron chi connectivity index (χ0n) is 12.9. The minimum absolute atomic E-state index is 0.251. The van der Waals surface area contributed by atoms with Crippen LogP contribution in [-0.2, 0) is 11.2 Å². The van der Waals surface area contributed by atoms with Gasteiger partial charge in [-0.2, -0.15) is 0 Å². The minimum Gasteiger partial charge on any atom is -0.496 e. The number of piperazine rings is 1. The molecule has 21 heavy (non-hydrogen) atoms. The van der Waals surface area contributed by atoms with Crippen LogP contribution < -0.4 is 10.1 Å². The summed E-state index contributed by atoms with van der Waals surface area (Å²) in [6.07, 6.45) is 0.444. The quantitative estimate of drug-likeness (QED) is 0.880. The van der Waals surface area contributed by atoms with Crippen LogP contribution in [0.3, 0.4) is 0 Å². The Balaban J connectivity index is 2.07. The Labute approximate surface area is 135 Å². The predicted octanol–water partition coefficient (Wildman–Crippen LogP) is 2.25. The van der Waals surface area contributed by atoms with Crippen LogP contribution in [0.5, 0.6) is 5.75 Å². The molecular weight excluding hydrogens is 332 g/mol. The van der Waals surface area contributed by atoms with E-state index in [0.717, 1.165) is 42.0 Å². The molecule has 0 radical (unpaired) electrons. The molecule has 1 aliphatic rings. The van der Waals surface area contributed by atoms with Crippen LogP contribution in [0, 0.1) is 0 Å². The largest absolute Gasteiger partial charge is 0.496 e. The summed E-state index contributed by atoms with van der Waals surface area (Å²) in [6.45, 7) is 7.80. The molecule has 0 aromatic heterocycles. The van der Waals surface area contributed by atoms with E-state index in [2.05, 4.69) is 26.1 Å². The van der Waals surface area contributed by atoms with E-state index in [1.54, 1.807) is 7.11 Å². The number of hydrogen-bond donors (Lipinski definition) is 1. The van der Waals surface area contributed by atoms with Gasteiger partial charge < -0.3 is 10.1 Å². The summed E-state index contributed by atoms with van der Waals surface area (Å²) < 4.78 is 6.10. The first-order chi connectivity index (χ1) is 9.95. The van der Waals surface area contributed by atoms with E-state index in [1.165, 1.54) is 0 Å². The SMILES string of the molecule is COc1ccc(CC(=O)C(C)(C)N2CCNCC2)cc1Br. The summed E-state index contributed by atoms with van der Waals surface area (Å²) in [4.78, 5) is 15.0. The van der Waals surface area contributed by atoms with Crippen molar-refractivity contribution in [3.05, 3.63) is 28.2 Å². The number of Topliss-reactive ketones (excluding diaryl/α,β-unsaturated/α-hetero) is 1. The third-order valence-corrected chi connectivity index (χ3v) is 4.79. The van der Waals surface area contributed by atoms with Crippen LogP contribution in [0.4, 0.5) is 0 Å². The van der Waals surface area contributed by atoms with E-state index in [4.69, 9.17) is 4.74 Å². The zero-order chi connectivity index (χ0) is 15.5. The van der Waals surface area contributed by atoms with Gasteiger partial charge in [-0.1, -0.05) is 6.07 Å². The Morgan fingerprint density at radius 3 is 2.62 bits per heavy atom. The van der Waals surface area contributed by atoms with Crippen molar-refractivity contribution in [3.63, 3.8) is 0 Å². The first kappa shape index (κ1) is 16.5. The molecule has 1 aromatic rings. The summed E-state index contributed by atoms with van der Waals surface area (Å²) in [5.74, 6) is 1.04. The topological polar surface area (TPSA) is 41.6 Å². The predicted molar refractivity (Wildman–Crippen MR) is 87.9 cm³/mol. The van der Waals surface area contributed by atoms with Gasteiger partial charge in [-0.05, 0) is 47.5 Å². The highest BCUT2D eigenvalue weighted by molar-refractivity contribution is 9.10. The lowest BCUT2D eigenvalue weighted by molar-refractivity contribution is -0.129. The van der Waals surface area contributed by atoms with Crippen molar-refractivity contribution >= 4 is 21.7 Å². The third kappa shape index (κ3) is 3.84. The number of rotatable bonds is 5. The molecule has 0 spiro atoms. The van der Waals surface area contributed by atoms with Crippen molar-refractivity contribution in [2.24, 2.45) is 0 Å². The van der Waals surface area contributed by atoms with Crippen LogP contribution in [-0.4, -0.2) is 49.5 Å². The van der Waals surface area contributed by atoms with Gasteiger partial charge in [0, 0.05) is 32.6 Å². The van der Waals surface area contributed by atoms with Gasteiger partial charge in [0.15, 0.2) is 5.78 Å². The molecule has 1 aromatic carbocycles. The van der Waals surface area contributed by atoms with Crippen molar-refractivity contribution in [1.82, 2.24) is 10.2 Å². The molecule has 0 atom stereocenters. The summed E-state index contributed by atoms with van der Waals surface area (Å²) >= 11 is 3.47. The first-order valence-electron chi connectivity index (χ1n) is 7.26. The molecular formula is C16H23BrN2O2. The Hall–Kier alpha value is -0.910. The average Bonchev–Trinajstić information content (AvgIpc) is 2.48. The fourth-order valence-corrected chi connectivity index (χ4v) is 3.21. The number of hydrogen-bond acceptors (Lipinski definition) is 4. The Morgan fingerprint density at radius 2 is 2.05 bits per heavy atom. The molecule has 0 amide bonds. The van der Waals surface area contributed by atoms with E-state index in [0.29, 0.717) is 6.42 Å². The molecule has 1 fully saturated rings. The highest BCUT2D eigenvalue weighted by Crippen LogP contribution is 2.27. The van der Waals surface area contributed by atoms with Gasteiger partial charge in [0.1, 0.15) is 5.75 Å². The van der Waals surface area contributed by atoms with Crippen molar-refractivity contribution in [1.29, 1.82) is 0 Å². The molecule has 0 aliphatic carbocycles. The lowest BCUT2D eigenvalue weighted by Gasteiger charge is -2.40. The maximum atomic E-state index is 12.7. The summed E-state index contributed by atoms with van der Waals surface area (Å²) in [5, 5.41) is 3.32. The molecule has 0 unspecified atom stereocenters. The number of nitrogens with one attached hydrogen (secondary N) is 1. The van der Waals surface area contributed by atoms with Crippen LogP contribution in [0.1, 0.15) is 19.4 Å². The number of carbonyl (C=O) groups excluding carboxylic acids is 1. The monoisotopic (exact) mass is 354 g/mol. The van der Waals surface area contributed by atoms with E-state index in [1.807, 2.05) is 32.0 Å². The smallest absolute Gasteiger partial charge is 0.156 e. The van der Waals surface area contributed by atoms with E-state index < -0.39 is 5.54 Å². The van der Waals surface area contributed by atoms with Gasteiger partial charge in [-0.15, -0.1) is 0 Å². The Morgan fingerprint density at radius 1 is 1.38 bits per heavy atom. The van der Waals surface area contributed by atoms with Gasteiger partial charge in [-0.25, -0.2) is 0 Å². The van der Waals surface area contributed by atoms with E-state index >= 15 is 0 Å². The van der Waals surface area contributed by atoms with Crippen LogP contribution >= 0.6 is 15.9 Å². The normalized spacial score (nSPS) is 16.8. The Kier molecular flexibility index (Phi) is 5.41. The summed E-state index contributed by atoms with van der Waals surface area (Å²) in [5.41, 5.74) is 0.588. The van der Waals surface area contributed by atoms with Crippen LogP contribution in [0.25, 0.3) is 0 Å². The summed E-state index contributed by atoms with van der Waals surface area (Å²) in [7, 11) is 1.64. The number of ether oxygens (including phenoxy) is 1. The molecule has 5 heteroatoms. The second-order valence-corrected chi connectivity index (χ2v) is 6.72.